The molecule has 1 fully saturated rings. The average molecular weight is 455 g/mol. The predicted molar refractivity (Wildman–Crippen MR) is 110 cm³/mol. The summed E-state index contributed by atoms with van der Waals surface area (Å²) < 4.78 is 32.5. The zero-order valence-electron chi connectivity index (χ0n) is 17.0. The van der Waals surface area contributed by atoms with Crippen LogP contribution in [0.2, 0.25) is 0 Å². The Kier molecular flexibility index (Phi) is 6.41. The van der Waals surface area contributed by atoms with E-state index in [9.17, 15) is 19.7 Å². The molecule has 2 aromatic carbocycles. The first-order valence-corrected chi connectivity index (χ1v) is 9.90. The summed E-state index contributed by atoms with van der Waals surface area (Å²) in [5.41, 5.74) is 0.453. The minimum atomic E-state index is -1.99. The number of hydrogen-bond acceptors (Lipinski definition) is 8. The molecule has 170 valence electrons. The number of esters is 2. The Labute approximate surface area is 186 Å². The number of nitro groups is 1. The van der Waals surface area contributed by atoms with Gasteiger partial charge < -0.3 is 24.3 Å². The monoisotopic (exact) mass is 455 g/mol. The first-order valence-electron chi connectivity index (χ1n) is 9.90. The number of nitrogens with zero attached hydrogens (tertiary/aromatic N) is 3. The number of halogens is 1. The molecule has 1 aliphatic heterocycles. The van der Waals surface area contributed by atoms with Crippen LogP contribution in [-0.2, 0) is 14.2 Å². The third-order valence-corrected chi connectivity index (χ3v) is 4.99. The van der Waals surface area contributed by atoms with E-state index in [1.165, 1.54) is 18.3 Å². The lowest BCUT2D eigenvalue weighted by molar-refractivity contribution is -0.398. The highest BCUT2D eigenvalue weighted by Crippen LogP contribution is 2.36. The number of imidazole rings is 1. The lowest BCUT2D eigenvalue weighted by Crippen LogP contribution is -2.37. The number of carbonyl (C=O) groups is 2. The highest BCUT2D eigenvalue weighted by atomic mass is 19.1. The Morgan fingerprint density at radius 2 is 1.67 bits per heavy atom. The number of ether oxygens (including phenoxy) is 3. The van der Waals surface area contributed by atoms with Crippen LogP contribution in [-0.4, -0.2) is 51.4 Å². The Morgan fingerprint density at radius 1 is 1.06 bits per heavy atom. The summed E-state index contributed by atoms with van der Waals surface area (Å²) in [4.78, 5) is 38.9. The molecule has 0 unspecified atom stereocenters. The van der Waals surface area contributed by atoms with Gasteiger partial charge in [0.05, 0.1) is 11.1 Å². The van der Waals surface area contributed by atoms with Crippen LogP contribution in [0.1, 0.15) is 26.9 Å². The SMILES string of the molecule is O=C(OC[C@H]1O[C@@H](n2ccnc2[N+](=O)[O-])[C@H](F)[C@@H]1OC(=O)c1ccccc1)c1ccccc1. The molecule has 0 amide bonds. The zero-order chi connectivity index (χ0) is 23.4. The molecule has 0 spiro atoms. The summed E-state index contributed by atoms with van der Waals surface area (Å²) in [6, 6.07) is 16.0. The molecule has 4 rings (SSSR count). The largest absolute Gasteiger partial charge is 0.459 e. The molecule has 0 radical (unpaired) electrons. The summed E-state index contributed by atoms with van der Waals surface area (Å²) in [5.74, 6) is -2.13. The summed E-state index contributed by atoms with van der Waals surface area (Å²) in [7, 11) is 0. The molecule has 4 atom stereocenters. The van der Waals surface area contributed by atoms with Crippen LogP contribution in [0, 0.1) is 10.1 Å². The molecule has 33 heavy (non-hydrogen) atoms. The van der Waals surface area contributed by atoms with Crippen molar-refractivity contribution in [1.29, 1.82) is 0 Å². The molecular weight excluding hydrogens is 437 g/mol. The number of rotatable bonds is 7. The topological polar surface area (TPSA) is 123 Å². The second-order valence-corrected chi connectivity index (χ2v) is 7.10. The third kappa shape index (κ3) is 4.72. The van der Waals surface area contributed by atoms with Gasteiger partial charge in [-0.05, 0) is 29.2 Å². The number of hydrogen-bond donors (Lipinski definition) is 0. The van der Waals surface area contributed by atoms with Crippen molar-refractivity contribution in [3.63, 3.8) is 0 Å². The van der Waals surface area contributed by atoms with Crippen molar-refractivity contribution >= 4 is 17.9 Å². The van der Waals surface area contributed by atoms with E-state index in [1.807, 2.05) is 0 Å². The van der Waals surface area contributed by atoms with Crippen molar-refractivity contribution in [2.45, 2.75) is 24.6 Å². The molecule has 10 nitrogen and oxygen atoms in total. The van der Waals surface area contributed by atoms with E-state index < -0.39 is 54.0 Å². The van der Waals surface area contributed by atoms with Crippen LogP contribution in [0.25, 0.3) is 0 Å². The van der Waals surface area contributed by atoms with Crippen LogP contribution < -0.4 is 0 Å². The number of carbonyl (C=O) groups excluding carboxylic acids is 2. The van der Waals surface area contributed by atoms with Crippen LogP contribution in [0.4, 0.5) is 10.3 Å². The molecule has 0 N–H and O–H groups in total. The van der Waals surface area contributed by atoms with E-state index in [4.69, 9.17) is 14.2 Å². The summed E-state index contributed by atoms with van der Waals surface area (Å²) >= 11 is 0. The van der Waals surface area contributed by atoms with E-state index in [1.54, 1.807) is 48.5 Å². The Bertz CT molecular complexity index is 1140. The number of aromatic nitrogens is 2. The van der Waals surface area contributed by atoms with E-state index in [-0.39, 0.29) is 11.1 Å². The zero-order valence-corrected chi connectivity index (χ0v) is 17.0. The van der Waals surface area contributed by atoms with E-state index >= 15 is 4.39 Å². The molecule has 0 bridgehead atoms. The second-order valence-electron chi connectivity index (χ2n) is 7.10. The summed E-state index contributed by atoms with van der Waals surface area (Å²) in [5, 5.41) is 11.2. The maximum Gasteiger partial charge on any atom is 0.436 e. The maximum absolute atomic E-state index is 15.4. The highest BCUT2D eigenvalue weighted by Gasteiger charge is 2.52. The minimum absolute atomic E-state index is 0.182. The van der Waals surface area contributed by atoms with E-state index in [2.05, 4.69) is 4.98 Å². The average Bonchev–Trinajstić information content (AvgIpc) is 3.44. The van der Waals surface area contributed by atoms with Crippen molar-refractivity contribution in [2.75, 3.05) is 6.61 Å². The quantitative estimate of drug-likeness (QED) is 0.303. The molecule has 3 aromatic rings. The second kappa shape index (κ2) is 9.57. The molecule has 1 aromatic heterocycles. The molecule has 2 heterocycles. The molecule has 0 saturated carbocycles. The van der Waals surface area contributed by atoms with Crippen molar-refractivity contribution in [3.8, 4) is 0 Å². The van der Waals surface area contributed by atoms with Crippen molar-refractivity contribution in [3.05, 3.63) is 94.3 Å². The van der Waals surface area contributed by atoms with Crippen molar-refractivity contribution in [1.82, 2.24) is 9.55 Å². The van der Waals surface area contributed by atoms with Gasteiger partial charge in [-0.3, -0.25) is 0 Å². The van der Waals surface area contributed by atoms with E-state index in [0.717, 1.165) is 10.8 Å². The molecule has 1 saturated heterocycles. The van der Waals surface area contributed by atoms with E-state index in [0.29, 0.717) is 0 Å². The molecular formula is C22H18FN3O7. The smallest absolute Gasteiger partial charge is 0.436 e. The molecule has 1 aliphatic rings. The van der Waals surface area contributed by atoms with Gasteiger partial charge in [0, 0.05) is 0 Å². The Hall–Kier alpha value is -4.12. The van der Waals surface area contributed by atoms with Gasteiger partial charge in [0.1, 0.15) is 25.1 Å². The first kappa shape index (κ1) is 22.1. The minimum Gasteiger partial charge on any atom is -0.459 e. The lowest BCUT2D eigenvalue weighted by atomic mass is 10.1. The van der Waals surface area contributed by atoms with Crippen molar-refractivity contribution < 1.29 is 33.1 Å². The van der Waals surface area contributed by atoms with Crippen molar-refractivity contribution in [2.24, 2.45) is 0 Å². The number of benzene rings is 2. The third-order valence-electron chi connectivity index (χ3n) is 4.99. The Morgan fingerprint density at radius 3 is 2.27 bits per heavy atom. The van der Waals surface area contributed by atoms with Gasteiger partial charge in [0.2, 0.25) is 6.23 Å². The van der Waals surface area contributed by atoms with Gasteiger partial charge in [-0.2, -0.15) is 4.57 Å². The summed E-state index contributed by atoms with van der Waals surface area (Å²) in [6.07, 6.45) is -3.90. The molecule has 11 heteroatoms. The Balaban J connectivity index is 1.55. The van der Waals surface area contributed by atoms with Gasteiger partial charge in [0.25, 0.3) is 0 Å². The molecule has 0 aliphatic carbocycles. The summed E-state index contributed by atoms with van der Waals surface area (Å²) in [6.45, 7) is -0.445. The van der Waals surface area contributed by atoms with Gasteiger partial charge in [-0.25, -0.2) is 14.0 Å². The maximum atomic E-state index is 15.4. The van der Waals surface area contributed by atoms with Crippen LogP contribution >= 0.6 is 0 Å². The van der Waals surface area contributed by atoms with Gasteiger partial charge in [-0.1, -0.05) is 41.4 Å². The predicted octanol–water partition coefficient (Wildman–Crippen LogP) is 3.11. The van der Waals surface area contributed by atoms with Crippen LogP contribution in [0.3, 0.4) is 0 Å². The first-order chi connectivity index (χ1) is 16.0. The van der Waals surface area contributed by atoms with Gasteiger partial charge >= 0.3 is 17.9 Å². The fraction of sp³-hybridized carbons (Fsp3) is 0.227. The fourth-order valence-electron chi connectivity index (χ4n) is 3.42. The van der Waals surface area contributed by atoms with Gasteiger partial charge in [0.15, 0.2) is 12.3 Å². The lowest BCUT2D eigenvalue weighted by Gasteiger charge is -2.19. The number of alkyl halides is 1. The standard InChI is InChI=1S/C22H18FN3O7/c23-17-18(33-21(28)15-9-5-2-6-10-15)16(13-31-20(27)14-7-3-1-4-8-14)32-19(17)25-12-11-24-22(25)26(29)30/h1-12,16-19H,13H2/t16-,17-,18-,19-/m1/s1. The van der Waals surface area contributed by atoms with Gasteiger partial charge in [-0.15, -0.1) is 0 Å². The normalized spacial score (nSPS) is 22.0. The van der Waals surface area contributed by atoms with Crippen LogP contribution in [0.5, 0.6) is 0 Å². The fourth-order valence-corrected chi connectivity index (χ4v) is 3.42. The highest BCUT2D eigenvalue weighted by molar-refractivity contribution is 5.90. The van der Waals surface area contributed by atoms with Crippen LogP contribution in [0.15, 0.2) is 73.1 Å².